The van der Waals surface area contributed by atoms with Crippen LogP contribution >= 0.6 is 11.6 Å². The molecule has 1 aliphatic carbocycles. The molecular formula is C24H21ClN4O5. The van der Waals surface area contributed by atoms with Crippen molar-refractivity contribution in [2.75, 3.05) is 5.32 Å². The van der Waals surface area contributed by atoms with Gasteiger partial charge in [0.2, 0.25) is 0 Å². The zero-order chi connectivity index (χ0) is 24.4. The Morgan fingerprint density at radius 3 is 2.62 bits per heavy atom. The van der Waals surface area contributed by atoms with Crippen LogP contribution in [0.4, 0.5) is 11.4 Å². The van der Waals surface area contributed by atoms with E-state index in [2.05, 4.69) is 15.8 Å². The predicted octanol–water partition coefficient (Wildman–Crippen LogP) is 5.18. The van der Waals surface area contributed by atoms with E-state index in [0.29, 0.717) is 46.2 Å². The van der Waals surface area contributed by atoms with Crippen molar-refractivity contribution in [3.8, 4) is 0 Å². The first-order valence-corrected chi connectivity index (χ1v) is 10.9. The Morgan fingerprint density at radius 2 is 1.85 bits per heavy atom. The molecule has 0 atom stereocenters. The van der Waals surface area contributed by atoms with Gasteiger partial charge in [0.25, 0.3) is 17.5 Å². The molecule has 0 saturated heterocycles. The molecule has 0 fully saturated rings. The molecule has 0 unspecified atom stereocenters. The molecule has 1 heterocycles. The van der Waals surface area contributed by atoms with Gasteiger partial charge in [0, 0.05) is 46.0 Å². The number of benzene rings is 2. The standard InChI is InChI=1S/C24H21ClN4O5/c1-13-17(25)8-4-9-18(13)26-24(31)22-14(2)21-19(10-5-11-20(21)34-22)27-28-23(30)15-6-3-7-16(12-15)29(32)33/h3-4,6-9,12H,5,10-11H2,1-2H3,(H,26,31)(H,28,30)/b27-19+. The average molecular weight is 481 g/mol. The number of fused-ring (bicyclic) bond motifs is 1. The number of nitro groups is 1. The zero-order valence-corrected chi connectivity index (χ0v) is 19.2. The second-order valence-corrected chi connectivity index (χ2v) is 8.29. The number of nitrogens with one attached hydrogen (secondary N) is 2. The molecule has 0 spiro atoms. The van der Waals surface area contributed by atoms with Crippen LogP contribution in [0.3, 0.4) is 0 Å². The van der Waals surface area contributed by atoms with Crippen LogP contribution in [0.2, 0.25) is 5.02 Å². The summed E-state index contributed by atoms with van der Waals surface area (Å²) >= 11 is 6.15. The molecule has 3 aromatic rings. The van der Waals surface area contributed by atoms with E-state index < -0.39 is 16.7 Å². The van der Waals surface area contributed by atoms with Crippen LogP contribution in [0.5, 0.6) is 0 Å². The van der Waals surface area contributed by atoms with Crippen molar-refractivity contribution in [1.82, 2.24) is 5.43 Å². The summed E-state index contributed by atoms with van der Waals surface area (Å²) in [6.07, 6.45) is 1.95. The minimum absolute atomic E-state index is 0.121. The fraction of sp³-hybridized carbons (Fsp3) is 0.208. The van der Waals surface area contributed by atoms with Crippen molar-refractivity contribution in [2.24, 2.45) is 5.10 Å². The number of hydrogen-bond donors (Lipinski definition) is 2. The fourth-order valence-electron chi connectivity index (χ4n) is 3.86. The predicted molar refractivity (Wildman–Crippen MR) is 128 cm³/mol. The van der Waals surface area contributed by atoms with E-state index in [1.54, 1.807) is 25.1 Å². The highest BCUT2D eigenvalue weighted by molar-refractivity contribution is 6.31. The van der Waals surface area contributed by atoms with Gasteiger partial charge in [-0.05, 0) is 50.5 Å². The number of carbonyl (C=O) groups excluding carboxylic acids is 2. The summed E-state index contributed by atoms with van der Waals surface area (Å²) in [5.74, 6) is -0.180. The molecule has 174 valence electrons. The van der Waals surface area contributed by atoms with Crippen LogP contribution in [-0.2, 0) is 6.42 Å². The summed E-state index contributed by atoms with van der Waals surface area (Å²) in [7, 11) is 0. The van der Waals surface area contributed by atoms with E-state index in [-0.39, 0.29) is 17.0 Å². The second kappa shape index (κ2) is 9.48. The number of aryl methyl sites for hydroxylation is 1. The number of nitrogens with zero attached hydrogens (tertiary/aromatic N) is 2. The van der Waals surface area contributed by atoms with Gasteiger partial charge >= 0.3 is 0 Å². The Morgan fingerprint density at radius 1 is 1.09 bits per heavy atom. The largest absolute Gasteiger partial charge is 0.455 e. The smallest absolute Gasteiger partial charge is 0.291 e. The van der Waals surface area contributed by atoms with Gasteiger partial charge in [-0.15, -0.1) is 0 Å². The van der Waals surface area contributed by atoms with Crippen molar-refractivity contribution in [3.05, 3.63) is 91.4 Å². The topological polar surface area (TPSA) is 127 Å². The highest BCUT2D eigenvalue weighted by Gasteiger charge is 2.28. The van der Waals surface area contributed by atoms with E-state index in [4.69, 9.17) is 16.0 Å². The number of halogens is 1. The van der Waals surface area contributed by atoms with E-state index in [1.165, 1.54) is 24.3 Å². The Hall–Kier alpha value is -3.98. The third-order valence-corrected chi connectivity index (χ3v) is 6.07. The van der Waals surface area contributed by atoms with Crippen molar-refractivity contribution >= 4 is 40.5 Å². The number of hydrogen-bond acceptors (Lipinski definition) is 6. The number of hydrazone groups is 1. The van der Waals surface area contributed by atoms with Gasteiger partial charge in [-0.3, -0.25) is 19.7 Å². The molecule has 34 heavy (non-hydrogen) atoms. The highest BCUT2D eigenvalue weighted by atomic mass is 35.5. The van der Waals surface area contributed by atoms with E-state index in [0.717, 1.165) is 12.0 Å². The summed E-state index contributed by atoms with van der Waals surface area (Å²) in [4.78, 5) is 35.8. The molecule has 0 aliphatic heterocycles. The minimum Gasteiger partial charge on any atom is -0.455 e. The first kappa shape index (κ1) is 23.2. The molecule has 0 saturated carbocycles. The molecule has 4 rings (SSSR count). The lowest BCUT2D eigenvalue weighted by Crippen LogP contribution is -2.22. The van der Waals surface area contributed by atoms with E-state index in [1.807, 2.05) is 6.92 Å². The van der Waals surface area contributed by atoms with E-state index >= 15 is 0 Å². The highest BCUT2D eigenvalue weighted by Crippen LogP contribution is 2.31. The third-order valence-electron chi connectivity index (χ3n) is 5.66. The van der Waals surface area contributed by atoms with Crippen molar-refractivity contribution < 1.29 is 18.9 Å². The quantitative estimate of drug-likeness (QED) is 0.384. The third kappa shape index (κ3) is 4.55. The van der Waals surface area contributed by atoms with Crippen molar-refractivity contribution in [3.63, 3.8) is 0 Å². The molecule has 2 aromatic carbocycles. The number of non-ortho nitro benzene ring substituents is 1. The number of anilines is 1. The van der Waals surface area contributed by atoms with Crippen LogP contribution in [0.1, 0.15) is 56.2 Å². The maximum absolute atomic E-state index is 12.9. The number of amides is 2. The summed E-state index contributed by atoms with van der Waals surface area (Å²) in [6.45, 7) is 3.58. The molecule has 1 aliphatic rings. The summed E-state index contributed by atoms with van der Waals surface area (Å²) < 4.78 is 5.89. The average Bonchev–Trinajstić information content (AvgIpc) is 3.17. The van der Waals surface area contributed by atoms with Crippen molar-refractivity contribution in [2.45, 2.75) is 33.1 Å². The Kier molecular flexibility index (Phi) is 6.47. The maximum atomic E-state index is 12.9. The van der Waals surface area contributed by atoms with Gasteiger partial charge in [-0.1, -0.05) is 23.7 Å². The molecule has 2 amide bonds. The van der Waals surface area contributed by atoms with Crippen LogP contribution in [-0.4, -0.2) is 22.4 Å². The molecule has 0 bridgehead atoms. The molecule has 1 aromatic heterocycles. The number of rotatable bonds is 5. The van der Waals surface area contributed by atoms with Crippen LogP contribution in [0, 0.1) is 24.0 Å². The number of furan rings is 1. The lowest BCUT2D eigenvalue weighted by molar-refractivity contribution is -0.384. The molecular weight excluding hydrogens is 460 g/mol. The number of nitro benzene ring substituents is 1. The van der Waals surface area contributed by atoms with E-state index in [9.17, 15) is 19.7 Å². The Balaban J connectivity index is 1.57. The minimum atomic E-state index is -0.570. The van der Waals surface area contributed by atoms with Gasteiger partial charge in [0.05, 0.1) is 10.6 Å². The van der Waals surface area contributed by atoms with Gasteiger partial charge in [0.15, 0.2) is 5.76 Å². The molecule has 10 heteroatoms. The first-order chi connectivity index (χ1) is 16.3. The Bertz CT molecular complexity index is 1350. The van der Waals surface area contributed by atoms with Crippen LogP contribution in [0.25, 0.3) is 0 Å². The number of carbonyl (C=O) groups is 2. The lowest BCUT2D eigenvalue weighted by atomic mass is 9.93. The summed E-state index contributed by atoms with van der Waals surface area (Å²) in [5.41, 5.74) is 5.63. The van der Waals surface area contributed by atoms with Gasteiger partial charge in [0.1, 0.15) is 5.76 Å². The normalized spacial score (nSPS) is 13.9. The summed E-state index contributed by atoms with van der Waals surface area (Å²) in [5, 5.41) is 18.6. The monoisotopic (exact) mass is 480 g/mol. The van der Waals surface area contributed by atoms with Crippen LogP contribution < -0.4 is 10.7 Å². The first-order valence-electron chi connectivity index (χ1n) is 10.6. The molecule has 2 N–H and O–H groups in total. The lowest BCUT2D eigenvalue weighted by Gasteiger charge is -2.13. The Labute approximate surface area is 199 Å². The molecule has 9 nitrogen and oxygen atoms in total. The van der Waals surface area contributed by atoms with Crippen LogP contribution in [0.15, 0.2) is 52.0 Å². The fourth-order valence-corrected chi connectivity index (χ4v) is 4.04. The second-order valence-electron chi connectivity index (χ2n) is 7.88. The van der Waals surface area contributed by atoms with Gasteiger partial charge in [-0.25, -0.2) is 5.43 Å². The zero-order valence-electron chi connectivity index (χ0n) is 18.5. The SMILES string of the molecule is Cc1c(Cl)cccc1NC(=O)c1oc2c(c1C)/C(=N/NC(=O)c1cccc([N+](=O)[O-])c1)CCC2. The van der Waals surface area contributed by atoms with Gasteiger partial charge in [-0.2, -0.15) is 5.10 Å². The molecule has 0 radical (unpaired) electrons. The van der Waals surface area contributed by atoms with Crippen molar-refractivity contribution in [1.29, 1.82) is 0 Å². The maximum Gasteiger partial charge on any atom is 0.291 e. The summed E-state index contributed by atoms with van der Waals surface area (Å²) in [6, 6.07) is 10.7. The van der Waals surface area contributed by atoms with Gasteiger partial charge < -0.3 is 9.73 Å².